The maximum atomic E-state index is 11.7. The molecule has 2 rings (SSSR count). The zero-order valence-corrected chi connectivity index (χ0v) is 9.89. The van der Waals surface area contributed by atoms with Gasteiger partial charge in [0, 0.05) is 12.3 Å². The summed E-state index contributed by atoms with van der Waals surface area (Å²) in [6.45, 7) is 2.03. The largest absolute Gasteiger partial charge is 0.461 e. The van der Waals surface area contributed by atoms with E-state index < -0.39 is 5.97 Å². The molecule has 0 unspecified atom stereocenters. The van der Waals surface area contributed by atoms with Crippen molar-refractivity contribution in [1.29, 1.82) is 0 Å². The van der Waals surface area contributed by atoms with Gasteiger partial charge in [-0.05, 0) is 19.1 Å². The van der Waals surface area contributed by atoms with E-state index in [0.717, 1.165) is 0 Å². The van der Waals surface area contributed by atoms with Crippen LogP contribution in [0.4, 0.5) is 0 Å². The van der Waals surface area contributed by atoms with Crippen LogP contribution in [-0.2, 0) is 4.74 Å². The minimum atomic E-state index is -0.474. The molecule has 6 heteroatoms. The number of nitrogens with zero attached hydrogens (tertiary/aromatic N) is 3. The number of hydrogen-bond donors (Lipinski definition) is 0. The van der Waals surface area contributed by atoms with Gasteiger partial charge >= 0.3 is 5.97 Å². The highest BCUT2D eigenvalue weighted by molar-refractivity contribution is 6.29. The molecular formula is C11H10ClN3O2. The maximum absolute atomic E-state index is 11.7. The van der Waals surface area contributed by atoms with Crippen LogP contribution in [0, 0.1) is 0 Å². The van der Waals surface area contributed by atoms with Crippen LogP contribution in [0.1, 0.15) is 17.4 Å². The van der Waals surface area contributed by atoms with Crippen molar-refractivity contribution in [2.45, 2.75) is 6.92 Å². The third-order valence-electron chi connectivity index (χ3n) is 2.03. The molecule has 0 aliphatic carbocycles. The smallest absolute Gasteiger partial charge is 0.357 e. The van der Waals surface area contributed by atoms with E-state index in [9.17, 15) is 4.79 Å². The molecular weight excluding hydrogens is 242 g/mol. The standard InChI is InChI=1S/C11H10ClN3O2/c1-2-17-11(16)8-7-9(12)14-15(8)10-5-3-4-6-13-10/h3-7H,2H2,1H3. The number of esters is 1. The first-order chi connectivity index (χ1) is 8.22. The van der Waals surface area contributed by atoms with Gasteiger partial charge in [0.25, 0.3) is 0 Å². The van der Waals surface area contributed by atoms with Gasteiger partial charge in [-0.15, -0.1) is 0 Å². The van der Waals surface area contributed by atoms with Gasteiger partial charge in [0.1, 0.15) is 0 Å². The Morgan fingerprint density at radius 2 is 2.35 bits per heavy atom. The van der Waals surface area contributed by atoms with Crippen molar-refractivity contribution in [1.82, 2.24) is 14.8 Å². The second-order valence-electron chi connectivity index (χ2n) is 3.17. The predicted molar refractivity (Wildman–Crippen MR) is 62.3 cm³/mol. The Labute approximate surface area is 103 Å². The Morgan fingerprint density at radius 3 is 3.00 bits per heavy atom. The number of rotatable bonds is 3. The van der Waals surface area contributed by atoms with Crippen LogP contribution in [0.5, 0.6) is 0 Å². The number of pyridine rings is 1. The lowest BCUT2D eigenvalue weighted by molar-refractivity contribution is 0.0515. The molecule has 5 nitrogen and oxygen atoms in total. The Hall–Kier alpha value is -1.88. The molecule has 2 aromatic rings. The van der Waals surface area contributed by atoms with Crippen LogP contribution in [-0.4, -0.2) is 27.3 Å². The van der Waals surface area contributed by atoms with Crippen molar-refractivity contribution < 1.29 is 9.53 Å². The average molecular weight is 252 g/mol. The van der Waals surface area contributed by atoms with Gasteiger partial charge in [0.15, 0.2) is 16.7 Å². The Morgan fingerprint density at radius 1 is 1.53 bits per heavy atom. The minimum absolute atomic E-state index is 0.221. The van der Waals surface area contributed by atoms with Crippen LogP contribution in [0.25, 0.3) is 5.82 Å². The summed E-state index contributed by atoms with van der Waals surface area (Å²) in [5.41, 5.74) is 0.260. The van der Waals surface area contributed by atoms with Gasteiger partial charge in [-0.2, -0.15) is 5.10 Å². The summed E-state index contributed by atoms with van der Waals surface area (Å²) < 4.78 is 6.28. The average Bonchev–Trinajstić information content (AvgIpc) is 2.73. The molecule has 0 spiro atoms. The van der Waals surface area contributed by atoms with Crippen LogP contribution in [0.3, 0.4) is 0 Å². The minimum Gasteiger partial charge on any atom is -0.461 e. The van der Waals surface area contributed by atoms with Crippen molar-refractivity contribution in [2.75, 3.05) is 6.61 Å². The van der Waals surface area contributed by atoms with Gasteiger partial charge in [-0.1, -0.05) is 17.7 Å². The zero-order valence-electron chi connectivity index (χ0n) is 9.13. The molecule has 17 heavy (non-hydrogen) atoms. The van der Waals surface area contributed by atoms with Gasteiger partial charge in [0.05, 0.1) is 6.61 Å². The lowest BCUT2D eigenvalue weighted by Gasteiger charge is -2.04. The normalized spacial score (nSPS) is 10.2. The SMILES string of the molecule is CCOC(=O)c1cc(Cl)nn1-c1ccccn1. The van der Waals surface area contributed by atoms with Crippen LogP contribution < -0.4 is 0 Å². The predicted octanol–water partition coefficient (Wildman–Crippen LogP) is 2.10. The first kappa shape index (κ1) is 11.6. The zero-order chi connectivity index (χ0) is 12.3. The van der Waals surface area contributed by atoms with E-state index in [-0.39, 0.29) is 10.8 Å². The lowest BCUT2D eigenvalue weighted by Crippen LogP contribution is -2.12. The van der Waals surface area contributed by atoms with Crippen LogP contribution >= 0.6 is 11.6 Å². The summed E-state index contributed by atoms with van der Waals surface area (Å²) in [5, 5.41) is 4.22. The summed E-state index contributed by atoms with van der Waals surface area (Å²) in [6, 6.07) is 6.76. The third-order valence-corrected chi connectivity index (χ3v) is 2.22. The van der Waals surface area contributed by atoms with Gasteiger partial charge < -0.3 is 4.74 Å². The van der Waals surface area contributed by atoms with Crippen molar-refractivity contribution in [3.05, 3.63) is 41.3 Å². The van der Waals surface area contributed by atoms with E-state index in [1.54, 1.807) is 31.3 Å². The Balaban J connectivity index is 2.44. The quantitative estimate of drug-likeness (QED) is 0.784. The van der Waals surface area contributed by atoms with Crippen molar-refractivity contribution in [3.63, 3.8) is 0 Å². The highest BCUT2D eigenvalue weighted by Crippen LogP contribution is 2.15. The summed E-state index contributed by atoms with van der Waals surface area (Å²) in [5.74, 6) is 0.0417. The summed E-state index contributed by atoms with van der Waals surface area (Å²) in [4.78, 5) is 15.8. The van der Waals surface area contributed by atoms with Crippen molar-refractivity contribution >= 4 is 17.6 Å². The molecule has 0 aliphatic heterocycles. The first-order valence-corrected chi connectivity index (χ1v) is 5.44. The van der Waals surface area contributed by atoms with E-state index in [2.05, 4.69) is 10.1 Å². The van der Waals surface area contributed by atoms with E-state index in [0.29, 0.717) is 12.4 Å². The van der Waals surface area contributed by atoms with Crippen LogP contribution in [0.15, 0.2) is 30.5 Å². The van der Waals surface area contributed by atoms with Gasteiger partial charge in [-0.25, -0.2) is 14.5 Å². The number of halogens is 1. The summed E-state index contributed by atoms with van der Waals surface area (Å²) >= 11 is 5.79. The fraction of sp³-hybridized carbons (Fsp3) is 0.182. The Bertz CT molecular complexity index is 525. The van der Waals surface area contributed by atoms with E-state index >= 15 is 0 Å². The molecule has 0 saturated carbocycles. The topological polar surface area (TPSA) is 57.0 Å². The molecule has 88 valence electrons. The third kappa shape index (κ3) is 2.45. The molecule has 0 atom stereocenters. The summed E-state index contributed by atoms with van der Waals surface area (Å²) in [6.07, 6.45) is 1.61. The second kappa shape index (κ2) is 4.97. The van der Waals surface area contributed by atoms with Gasteiger partial charge in [0.2, 0.25) is 0 Å². The van der Waals surface area contributed by atoms with Crippen molar-refractivity contribution in [3.8, 4) is 5.82 Å². The number of aromatic nitrogens is 3. The molecule has 0 aliphatic rings. The van der Waals surface area contributed by atoms with E-state index in [1.807, 2.05) is 0 Å². The molecule has 0 aromatic carbocycles. The molecule has 0 amide bonds. The fourth-order valence-corrected chi connectivity index (χ4v) is 1.54. The molecule has 2 aromatic heterocycles. The molecule has 0 bridgehead atoms. The molecule has 2 heterocycles. The monoisotopic (exact) mass is 251 g/mol. The second-order valence-corrected chi connectivity index (χ2v) is 3.56. The molecule has 0 fully saturated rings. The van der Waals surface area contributed by atoms with Crippen molar-refractivity contribution in [2.24, 2.45) is 0 Å². The molecule has 0 saturated heterocycles. The molecule has 0 radical (unpaired) electrons. The highest BCUT2D eigenvalue weighted by atomic mass is 35.5. The summed E-state index contributed by atoms with van der Waals surface area (Å²) in [7, 11) is 0. The number of hydrogen-bond acceptors (Lipinski definition) is 4. The van der Waals surface area contributed by atoms with Gasteiger partial charge in [-0.3, -0.25) is 0 Å². The van der Waals surface area contributed by atoms with E-state index in [4.69, 9.17) is 16.3 Å². The number of carbonyl (C=O) groups is 1. The maximum Gasteiger partial charge on any atom is 0.357 e. The first-order valence-electron chi connectivity index (χ1n) is 5.06. The highest BCUT2D eigenvalue weighted by Gasteiger charge is 2.17. The number of carbonyl (C=O) groups excluding carboxylic acids is 1. The number of ether oxygens (including phenoxy) is 1. The molecule has 0 N–H and O–H groups in total. The lowest BCUT2D eigenvalue weighted by atomic mass is 10.4. The van der Waals surface area contributed by atoms with E-state index in [1.165, 1.54) is 10.7 Å². The fourth-order valence-electron chi connectivity index (χ4n) is 1.36. The Kier molecular flexibility index (Phi) is 3.39. The van der Waals surface area contributed by atoms with Crippen LogP contribution in [0.2, 0.25) is 5.15 Å².